The minimum absolute atomic E-state index is 0.0697. The van der Waals surface area contributed by atoms with Crippen LogP contribution in [0.5, 0.6) is 0 Å². The highest BCUT2D eigenvalue weighted by molar-refractivity contribution is 9.10. The molecule has 0 bridgehead atoms. The van der Waals surface area contributed by atoms with Crippen molar-refractivity contribution >= 4 is 21.6 Å². The number of halogens is 1. The van der Waals surface area contributed by atoms with E-state index < -0.39 is 0 Å². The van der Waals surface area contributed by atoms with Crippen LogP contribution in [-0.4, -0.2) is 31.4 Å². The third-order valence-electron chi connectivity index (χ3n) is 3.16. The molecule has 1 aromatic rings. The largest absolute Gasteiger partial charge is 0.392 e. The summed E-state index contributed by atoms with van der Waals surface area (Å²) in [6.07, 6.45) is 1.08. The van der Waals surface area contributed by atoms with E-state index in [1.165, 1.54) is 0 Å². The predicted octanol–water partition coefficient (Wildman–Crippen LogP) is 3.19. The SMILES string of the molecule is CCC(C)N(CCOC)c1ccc(CO)cc1Br. The Morgan fingerprint density at radius 1 is 1.44 bits per heavy atom. The minimum Gasteiger partial charge on any atom is -0.392 e. The molecule has 18 heavy (non-hydrogen) atoms. The van der Waals surface area contributed by atoms with Gasteiger partial charge in [0.2, 0.25) is 0 Å². The monoisotopic (exact) mass is 315 g/mol. The molecule has 1 atom stereocenters. The molecular formula is C14H22BrNO2. The first kappa shape index (κ1) is 15.5. The number of aliphatic hydroxyl groups excluding tert-OH is 1. The van der Waals surface area contributed by atoms with E-state index in [1.807, 2.05) is 12.1 Å². The van der Waals surface area contributed by atoms with Crippen molar-refractivity contribution in [2.24, 2.45) is 0 Å². The topological polar surface area (TPSA) is 32.7 Å². The van der Waals surface area contributed by atoms with Gasteiger partial charge in [-0.3, -0.25) is 0 Å². The van der Waals surface area contributed by atoms with E-state index in [9.17, 15) is 0 Å². The van der Waals surface area contributed by atoms with Crippen molar-refractivity contribution in [1.29, 1.82) is 0 Å². The fourth-order valence-electron chi connectivity index (χ4n) is 1.87. The lowest BCUT2D eigenvalue weighted by molar-refractivity contribution is 0.203. The number of nitrogens with zero attached hydrogens (tertiary/aromatic N) is 1. The molecule has 0 amide bonds. The van der Waals surface area contributed by atoms with Crippen molar-refractivity contribution in [1.82, 2.24) is 0 Å². The molecule has 3 nitrogen and oxygen atoms in total. The molecule has 102 valence electrons. The van der Waals surface area contributed by atoms with Gasteiger partial charge in [0.05, 0.1) is 18.9 Å². The summed E-state index contributed by atoms with van der Waals surface area (Å²) < 4.78 is 6.20. The van der Waals surface area contributed by atoms with Crippen LogP contribution in [0.4, 0.5) is 5.69 Å². The van der Waals surface area contributed by atoms with E-state index in [0.29, 0.717) is 12.6 Å². The maximum absolute atomic E-state index is 9.13. The zero-order chi connectivity index (χ0) is 13.5. The Bertz CT molecular complexity index is 371. The molecule has 0 aromatic heterocycles. The number of rotatable bonds is 7. The van der Waals surface area contributed by atoms with Gasteiger partial charge in [0.1, 0.15) is 0 Å². The van der Waals surface area contributed by atoms with Crippen molar-refractivity contribution in [3.8, 4) is 0 Å². The molecule has 0 radical (unpaired) electrons. The van der Waals surface area contributed by atoms with Crippen LogP contribution in [-0.2, 0) is 11.3 Å². The van der Waals surface area contributed by atoms with E-state index in [4.69, 9.17) is 9.84 Å². The number of methoxy groups -OCH3 is 1. The summed E-state index contributed by atoms with van der Waals surface area (Å²) in [5, 5.41) is 9.13. The molecule has 1 rings (SSSR count). The lowest BCUT2D eigenvalue weighted by atomic mass is 10.1. The van der Waals surface area contributed by atoms with E-state index in [-0.39, 0.29) is 6.61 Å². The van der Waals surface area contributed by atoms with E-state index in [0.717, 1.165) is 28.7 Å². The number of hydrogen-bond acceptors (Lipinski definition) is 3. The molecule has 1 unspecified atom stereocenters. The Morgan fingerprint density at radius 3 is 2.67 bits per heavy atom. The second kappa shape index (κ2) is 7.77. The second-order valence-corrected chi connectivity index (χ2v) is 5.24. The quantitative estimate of drug-likeness (QED) is 0.838. The molecule has 0 aliphatic heterocycles. The lowest BCUT2D eigenvalue weighted by Crippen LogP contribution is -2.35. The molecule has 1 aromatic carbocycles. The highest BCUT2D eigenvalue weighted by atomic mass is 79.9. The smallest absolute Gasteiger partial charge is 0.0682 e. The highest BCUT2D eigenvalue weighted by Crippen LogP contribution is 2.29. The summed E-state index contributed by atoms with van der Waals surface area (Å²) >= 11 is 3.58. The maximum Gasteiger partial charge on any atom is 0.0682 e. The van der Waals surface area contributed by atoms with Gasteiger partial charge in [-0.15, -0.1) is 0 Å². The van der Waals surface area contributed by atoms with Gasteiger partial charge >= 0.3 is 0 Å². The summed E-state index contributed by atoms with van der Waals surface area (Å²) in [5.74, 6) is 0. The van der Waals surface area contributed by atoms with Crippen molar-refractivity contribution in [2.45, 2.75) is 32.9 Å². The van der Waals surface area contributed by atoms with Gasteiger partial charge in [-0.25, -0.2) is 0 Å². The third kappa shape index (κ3) is 3.97. The van der Waals surface area contributed by atoms with E-state index >= 15 is 0 Å². The Labute approximate surface area is 118 Å². The Morgan fingerprint density at radius 2 is 2.17 bits per heavy atom. The van der Waals surface area contributed by atoms with Gasteiger partial charge in [0.15, 0.2) is 0 Å². The zero-order valence-corrected chi connectivity index (χ0v) is 12.9. The molecule has 0 saturated carbocycles. The van der Waals surface area contributed by atoms with Crippen LogP contribution in [0.15, 0.2) is 22.7 Å². The lowest BCUT2D eigenvalue weighted by Gasteiger charge is -2.31. The van der Waals surface area contributed by atoms with Crippen LogP contribution in [0.3, 0.4) is 0 Å². The number of benzene rings is 1. The van der Waals surface area contributed by atoms with Crippen LogP contribution >= 0.6 is 15.9 Å². The molecule has 0 spiro atoms. The van der Waals surface area contributed by atoms with Crippen molar-refractivity contribution in [3.63, 3.8) is 0 Å². The van der Waals surface area contributed by atoms with Gasteiger partial charge in [0.25, 0.3) is 0 Å². The Kier molecular flexibility index (Phi) is 6.68. The maximum atomic E-state index is 9.13. The van der Waals surface area contributed by atoms with Gasteiger partial charge in [-0.2, -0.15) is 0 Å². The number of ether oxygens (including phenoxy) is 1. The first-order chi connectivity index (χ1) is 8.63. The first-order valence-electron chi connectivity index (χ1n) is 6.28. The molecule has 0 fully saturated rings. The first-order valence-corrected chi connectivity index (χ1v) is 7.08. The molecule has 0 aliphatic rings. The molecule has 4 heteroatoms. The highest BCUT2D eigenvalue weighted by Gasteiger charge is 2.15. The third-order valence-corrected chi connectivity index (χ3v) is 3.80. The number of hydrogen-bond donors (Lipinski definition) is 1. The summed E-state index contributed by atoms with van der Waals surface area (Å²) in [5.41, 5.74) is 2.07. The Hall–Kier alpha value is -0.580. The van der Waals surface area contributed by atoms with Gasteiger partial charge in [-0.05, 0) is 47.0 Å². The molecule has 1 N–H and O–H groups in total. The van der Waals surface area contributed by atoms with Crippen molar-refractivity contribution in [2.75, 3.05) is 25.2 Å². The second-order valence-electron chi connectivity index (χ2n) is 4.39. The van der Waals surface area contributed by atoms with Crippen LogP contribution in [0.25, 0.3) is 0 Å². The van der Waals surface area contributed by atoms with Crippen LogP contribution in [0.1, 0.15) is 25.8 Å². The summed E-state index contributed by atoms with van der Waals surface area (Å²) in [7, 11) is 1.72. The van der Waals surface area contributed by atoms with Crippen LogP contribution < -0.4 is 4.90 Å². The van der Waals surface area contributed by atoms with Crippen LogP contribution in [0, 0.1) is 0 Å². The van der Waals surface area contributed by atoms with Gasteiger partial charge in [0, 0.05) is 24.2 Å². The van der Waals surface area contributed by atoms with E-state index in [1.54, 1.807) is 7.11 Å². The van der Waals surface area contributed by atoms with Crippen LogP contribution in [0.2, 0.25) is 0 Å². The van der Waals surface area contributed by atoms with Gasteiger partial charge in [-0.1, -0.05) is 13.0 Å². The molecule has 0 saturated heterocycles. The van der Waals surface area contributed by atoms with Gasteiger partial charge < -0.3 is 14.7 Å². The van der Waals surface area contributed by atoms with E-state index in [2.05, 4.69) is 40.7 Å². The average molecular weight is 316 g/mol. The molecular weight excluding hydrogens is 294 g/mol. The zero-order valence-electron chi connectivity index (χ0n) is 11.3. The standard InChI is InChI=1S/C14H22BrNO2/c1-4-11(2)16(7-8-18-3)14-6-5-12(10-17)9-13(14)15/h5-6,9,11,17H,4,7-8,10H2,1-3H3. The van der Waals surface area contributed by atoms with Crippen molar-refractivity contribution in [3.05, 3.63) is 28.2 Å². The van der Waals surface area contributed by atoms with Crippen molar-refractivity contribution < 1.29 is 9.84 Å². The summed E-state index contributed by atoms with van der Waals surface area (Å²) in [6.45, 7) is 6.03. The predicted molar refractivity (Wildman–Crippen MR) is 79.0 cm³/mol. The average Bonchev–Trinajstić information content (AvgIpc) is 2.39. The Balaban J connectivity index is 2.96. The minimum atomic E-state index is 0.0697. The summed E-state index contributed by atoms with van der Waals surface area (Å²) in [4.78, 5) is 2.33. The number of anilines is 1. The molecule has 0 aliphatic carbocycles. The fraction of sp³-hybridized carbons (Fsp3) is 0.571. The number of aliphatic hydroxyl groups is 1. The summed E-state index contributed by atoms with van der Waals surface area (Å²) in [6, 6.07) is 6.44. The molecule has 0 heterocycles. The fourth-order valence-corrected chi connectivity index (χ4v) is 2.52. The normalized spacial score (nSPS) is 12.5.